The van der Waals surface area contributed by atoms with Gasteiger partial charge >= 0.3 is 0 Å². The average Bonchev–Trinajstić information content (AvgIpc) is 3.02. The molecule has 0 aromatic heterocycles. The summed E-state index contributed by atoms with van der Waals surface area (Å²) in [5.74, 6) is 1.29. The number of ether oxygens (including phenoxy) is 1. The quantitative estimate of drug-likeness (QED) is 0.0400. The Morgan fingerprint density at radius 3 is 1.18 bits per heavy atom. The van der Waals surface area contributed by atoms with Gasteiger partial charge in [0, 0.05) is 0 Å². The molecule has 0 aliphatic rings. The first-order chi connectivity index (χ1) is 21.7. The Morgan fingerprint density at radius 2 is 0.795 bits per heavy atom. The molecule has 0 rings (SSSR count). The average molecular weight is 611 g/mol. The van der Waals surface area contributed by atoms with Crippen LogP contribution >= 0.6 is 0 Å². The van der Waals surface area contributed by atoms with Crippen LogP contribution in [0.5, 0.6) is 0 Å². The van der Waals surface area contributed by atoms with Gasteiger partial charge in [-0.15, -0.1) is 0 Å². The van der Waals surface area contributed by atoms with Crippen LogP contribution in [0.1, 0.15) is 195 Å². The number of hydrogen-bond acceptors (Lipinski definition) is 1. The lowest BCUT2D eigenvalue weighted by Gasteiger charge is -2.16. The van der Waals surface area contributed by atoms with Gasteiger partial charge in [-0.2, -0.15) is 0 Å². The highest BCUT2D eigenvalue weighted by Gasteiger charge is 2.09. The Morgan fingerprint density at radius 1 is 0.432 bits per heavy atom. The van der Waals surface area contributed by atoms with Crippen LogP contribution in [0.4, 0.5) is 0 Å². The summed E-state index contributed by atoms with van der Waals surface area (Å²) in [7, 11) is 0. The second-order valence-corrected chi connectivity index (χ2v) is 13.5. The van der Waals surface area contributed by atoms with E-state index in [1.807, 2.05) is 6.26 Å². The fourth-order valence-corrected chi connectivity index (χ4v) is 5.56. The molecule has 0 heterocycles. The van der Waals surface area contributed by atoms with Crippen molar-refractivity contribution >= 4 is 0 Å². The lowest BCUT2D eigenvalue weighted by molar-refractivity contribution is 0.175. The predicted octanol–water partition coefficient (Wildman–Crippen LogP) is 15.2. The molecule has 0 bridgehead atoms. The van der Waals surface area contributed by atoms with Gasteiger partial charge in [-0.1, -0.05) is 166 Å². The van der Waals surface area contributed by atoms with Crippen molar-refractivity contribution in [3.63, 3.8) is 0 Å². The summed E-state index contributed by atoms with van der Waals surface area (Å²) in [6, 6.07) is 0. The Bertz CT molecular complexity index is 631. The smallest absolute Gasteiger partial charge is 0.0901 e. The summed E-state index contributed by atoms with van der Waals surface area (Å²) < 4.78 is 5.96. The van der Waals surface area contributed by atoms with Gasteiger partial charge in [0.2, 0.25) is 0 Å². The summed E-state index contributed by atoms with van der Waals surface area (Å²) in [5.41, 5.74) is 0. The van der Waals surface area contributed by atoms with Crippen LogP contribution in [0.2, 0.25) is 0 Å². The van der Waals surface area contributed by atoms with Gasteiger partial charge in [0.1, 0.15) is 0 Å². The molecule has 0 aliphatic carbocycles. The maximum Gasteiger partial charge on any atom is 0.0901 e. The Hall–Kier alpha value is -1.50. The molecule has 0 radical (unpaired) electrons. The molecule has 0 spiro atoms. The fraction of sp³-hybridized carbons (Fsp3) is 0.767. The maximum atomic E-state index is 5.96. The van der Waals surface area contributed by atoms with Crippen molar-refractivity contribution in [2.75, 3.05) is 6.61 Å². The lowest BCUT2D eigenvalue weighted by Crippen LogP contribution is -2.08. The van der Waals surface area contributed by atoms with Gasteiger partial charge in [0.05, 0.1) is 12.9 Å². The van der Waals surface area contributed by atoms with E-state index in [9.17, 15) is 0 Å². The Labute approximate surface area is 278 Å². The monoisotopic (exact) mass is 611 g/mol. The standard InChI is InChI=1S/C43H78O/c1-5-7-9-11-13-15-17-19-21-23-25-27-29-31-33-35-37-43(41-44-40-39-42(3)4)38-36-34-32-30-28-26-24-22-20-18-16-14-12-10-8-6-2/h13-16,19-22,39-40,42-43H,5-12,17-18,23-38,41H2,1-4H3/b15-13-,16-14-,21-19-,22-20-,40-39+. The number of allylic oxidation sites excluding steroid dienone is 9. The normalized spacial score (nSPS) is 12.7. The molecular formula is C43H78O. The molecule has 0 amide bonds. The van der Waals surface area contributed by atoms with Crippen molar-refractivity contribution in [3.8, 4) is 0 Å². The number of unbranched alkanes of at least 4 members (excludes halogenated alkanes) is 18. The maximum absolute atomic E-state index is 5.96. The van der Waals surface area contributed by atoms with E-state index in [4.69, 9.17) is 4.74 Å². The molecule has 1 nitrogen and oxygen atoms in total. The molecule has 0 fully saturated rings. The van der Waals surface area contributed by atoms with Gasteiger partial charge in [0.25, 0.3) is 0 Å². The van der Waals surface area contributed by atoms with E-state index < -0.39 is 0 Å². The minimum absolute atomic E-state index is 0.564. The Kier molecular flexibility index (Phi) is 36.4. The van der Waals surface area contributed by atoms with Crippen molar-refractivity contribution in [3.05, 3.63) is 60.9 Å². The molecule has 0 aliphatic heterocycles. The van der Waals surface area contributed by atoms with E-state index in [1.165, 1.54) is 154 Å². The SMILES string of the molecule is CCCCC/C=C\C/C=C\CCCCCCCCC(CCCCCCCC/C=C\C/C=C\CCCCC)CO/C=C/C(C)C. The second kappa shape index (κ2) is 37.7. The molecular weight excluding hydrogens is 532 g/mol. The van der Waals surface area contributed by atoms with Crippen LogP contribution < -0.4 is 0 Å². The third kappa shape index (κ3) is 36.7. The highest BCUT2D eigenvalue weighted by Crippen LogP contribution is 2.20. The van der Waals surface area contributed by atoms with Crippen LogP contribution in [0.25, 0.3) is 0 Å². The van der Waals surface area contributed by atoms with Crippen molar-refractivity contribution in [1.82, 2.24) is 0 Å². The van der Waals surface area contributed by atoms with Crippen LogP contribution in [0.3, 0.4) is 0 Å². The van der Waals surface area contributed by atoms with Gasteiger partial charge in [-0.3, -0.25) is 0 Å². The summed E-state index contributed by atoms with van der Waals surface area (Å²) in [5, 5.41) is 0. The molecule has 0 saturated heterocycles. The van der Waals surface area contributed by atoms with Crippen molar-refractivity contribution < 1.29 is 4.74 Å². The first-order valence-electron chi connectivity index (χ1n) is 19.6. The van der Waals surface area contributed by atoms with E-state index >= 15 is 0 Å². The zero-order chi connectivity index (χ0) is 32.0. The predicted molar refractivity (Wildman–Crippen MR) is 201 cm³/mol. The van der Waals surface area contributed by atoms with Gasteiger partial charge in [0.15, 0.2) is 0 Å². The van der Waals surface area contributed by atoms with E-state index in [0.29, 0.717) is 5.92 Å². The Balaban J connectivity index is 3.86. The zero-order valence-electron chi connectivity index (χ0n) is 30.4. The van der Waals surface area contributed by atoms with Gasteiger partial charge < -0.3 is 4.74 Å². The molecule has 0 unspecified atom stereocenters. The van der Waals surface area contributed by atoms with Crippen LogP contribution in [-0.2, 0) is 4.74 Å². The summed E-state index contributed by atoms with van der Waals surface area (Å²) >= 11 is 0. The third-order valence-corrected chi connectivity index (χ3v) is 8.52. The first-order valence-corrected chi connectivity index (χ1v) is 19.6. The van der Waals surface area contributed by atoms with E-state index in [1.54, 1.807) is 0 Å². The van der Waals surface area contributed by atoms with Gasteiger partial charge in [-0.25, -0.2) is 0 Å². The highest BCUT2D eigenvalue weighted by molar-refractivity contribution is 4.93. The van der Waals surface area contributed by atoms with E-state index in [0.717, 1.165) is 25.4 Å². The number of hydrogen-bond donors (Lipinski definition) is 0. The molecule has 256 valence electrons. The third-order valence-electron chi connectivity index (χ3n) is 8.52. The summed E-state index contributed by atoms with van der Waals surface area (Å²) in [6.07, 6.45) is 57.5. The van der Waals surface area contributed by atoms with Crippen LogP contribution in [-0.4, -0.2) is 6.61 Å². The first kappa shape index (κ1) is 42.5. The fourth-order valence-electron chi connectivity index (χ4n) is 5.56. The molecule has 1 heteroatoms. The molecule has 0 aromatic rings. The molecule has 0 N–H and O–H groups in total. The highest BCUT2D eigenvalue weighted by atomic mass is 16.5. The van der Waals surface area contributed by atoms with Crippen molar-refractivity contribution in [2.45, 2.75) is 195 Å². The second-order valence-electron chi connectivity index (χ2n) is 13.5. The number of rotatable bonds is 34. The van der Waals surface area contributed by atoms with Crippen molar-refractivity contribution in [2.24, 2.45) is 11.8 Å². The largest absolute Gasteiger partial charge is 0.501 e. The van der Waals surface area contributed by atoms with E-state index in [2.05, 4.69) is 82.4 Å². The minimum atomic E-state index is 0.564. The van der Waals surface area contributed by atoms with Crippen LogP contribution in [0.15, 0.2) is 60.9 Å². The van der Waals surface area contributed by atoms with Gasteiger partial charge in [-0.05, 0) is 95.0 Å². The zero-order valence-corrected chi connectivity index (χ0v) is 30.4. The van der Waals surface area contributed by atoms with Crippen LogP contribution in [0, 0.1) is 11.8 Å². The molecule has 0 saturated carbocycles. The molecule has 0 atom stereocenters. The summed E-state index contributed by atoms with van der Waals surface area (Å²) in [4.78, 5) is 0. The topological polar surface area (TPSA) is 9.23 Å². The molecule has 44 heavy (non-hydrogen) atoms. The van der Waals surface area contributed by atoms with Crippen molar-refractivity contribution in [1.29, 1.82) is 0 Å². The molecule has 0 aromatic carbocycles. The lowest BCUT2D eigenvalue weighted by atomic mass is 9.94. The summed E-state index contributed by atoms with van der Waals surface area (Å²) in [6.45, 7) is 9.88. The minimum Gasteiger partial charge on any atom is -0.501 e. The van der Waals surface area contributed by atoms with E-state index in [-0.39, 0.29) is 0 Å².